The zero-order chi connectivity index (χ0) is 12.1. The Labute approximate surface area is 98.7 Å². The third-order valence-electron chi connectivity index (χ3n) is 2.71. The molecule has 2 rings (SSSR count). The fourth-order valence-corrected chi connectivity index (χ4v) is 1.91. The molecule has 1 saturated heterocycles. The lowest BCUT2D eigenvalue weighted by molar-refractivity contribution is 0.122. The predicted molar refractivity (Wildman–Crippen MR) is 61.3 cm³/mol. The highest BCUT2D eigenvalue weighted by Gasteiger charge is 2.14. The second-order valence-corrected chi connectivity index (χ2v) is 3.78. The normalized spacial score (nSPS) is 15.5. The average molecular weight is 236 g/mol. The van der Waals surface area contributed by atoms with Gasteiger partial charge in [-0.25, -0.2) is 14.2 Å². The van der Waals surface area contributed by atoms with Gasteiger partial charge in [0.2, 0.25) is 6.08 Å². The molecular weight excluding hydrogens is 223 g/mol. The molecule has 0 N–H and O–H groups in total. The summed E-state index contributed by atoms with van der Waals surface area (Å²) in [5, 5.41) is 0. The summed E-state index contributed by atoms with van der Waals surface area (Å²) in [4.78, 5) is 15.7. The number of aliphatic imine (C=N–C) groups is 1. The van der Waals surface area contributed by atoms with Crippen molar-refractivity contribution in [3.63, 3.8) is 0 Å². The molecule has 0 amide bonds. The Kier molecular flexibility index (Phi) is 3.85. The highest BCUT2D eigenvalue weighted by molar-refractivity contribution is 5.54. The molecule has 1 aromatic rings. The van der Waals surface area contributed by atoms with Gasteiger partial charge in [0.25, 0.3) is 0 Å². The van der Waals surface area contributed by atoms with Gasteiger partial charge in [-0.2, -0.15) is 0 Å². The van der Waals surface area contributed by atoms with Crippen molar-refractivity contribution in [3.8, 4) is 0 Å². The highest BCUT2D eigenvalue weighted by atomic mass is 19.1. The Hall–Kier alpha value is -1.71. The number of nitrogens with zero attached hydrogens (tertiary/aromatic N) is 2. The fraction of sp³-hybridized carbons (Fsp3) is 0.417. The summed E-state index contributed by atoms with van der Waals surface area (Å²) in [6.45, 7) is 3.02. The molecule has 0 radical (unpaired) electrons. The van der Waals surface area contributed by atoms with Crippen molar-refractivity contribution >= 4 is 11.8 Å². The van der Waals surface area contributed by atoms with Crippen LogP contribution in [0.25, 0.3) is 0 Å². The van der Waals surface area contributed by atoms with Gasteiger partial charge in [-0.1, -0.05) is 0 Å². The molecule has 1 aromatic carbocycles. The second kappa shape index (κ2) is 5.57. The molecule has 0 spiro atoms. The average Bonchev–Trinajstić information content (AvgIpc) is 2.37. The topological polar surface area (TPSA) is 41.9 Å². The third-order valence-corrected chi connectivity index (χ3v) is 2.71. The lowest BCUT2D eigenvalue weighted by Crippen LogP contribution is -2.36. The molecule has 1 heterocycles. The monoisotopic (exact) mass is 236 g/mol. The number of ether oxygens (including phenoxy) is 1. The van der Waals surface area contributed by atoms with E-state index in [0.29, 0.717) is 18.8 Å². The van der Waals surface area contributed by atoms with Crippen molar-refractivity contribution in [2.24, 2.45) is 4.99 Å². The molecule has 0 aliphatic carbocycles. The molecule has 0 atom stereocenters. The summed E-state index contributed by atoms with van der Waals surface area (Å²) < 4.78 is 18.4. The van der Waals surface area contributed by atoms with E-state index in [-0.39, 0.29) is 12.4 Å². The number of benzene rings is 1. The number of carbonyl (C=O) groups excluding carboxylic acids is 1. The standard InChI is InChI=1S/C12H13FN2O2/c13-11-1-2-12(10(7-11)8-14-9-16)15-3-5-17-6-4-15/h1-2,7H,3-6,8H2. The molecule has 90 valence electrons. The molecule has 0 bridgehead atoms. The van der Waals surface area contributed by atoms with E-state index in [2.05, 4.69) is 9.89 Å². The Morgan fingerprint density at radius 1 is 1.41 bits per heavy atom. The Bertz CT molecular complexity index is 438. The summed E-state index contributed by atoms with van der Waals surface area (Å²) in [7, 11) is 0. The van der Waals surface area contributed by atoms with Gasteiger partial charge in [-0.15, -0.1) is 0 Å². The van der Waals surface area contributed by atoms with Gasteiger partial charge < -0.3 is 9.64 Å². The first kappa shape index (κ1) is 11.8. The zero-order valence-corrected chi connectivity index (χ0v) is 9.36. The zero-order valence-electron chi connectivity index (χ0n) is 9.36. The molecule has 5 heteroatoms. The summed E-state index contributed by atoms with van der Waals surface area (Å²) in [6.07, 6.45) is 1.48. The van der Waals surface area contributed by atoms with Crippen LogP contribution in [0.3, 0.4) is 0 Å². The maximum atomic E-state index is 13.2. The van der Waals surface area contributed by atoms with Crippen molar-refractivity contribution in [2.45, 2.75) is 6.54 Å². The number of hydrogen-bond acceptors (Lipinski definition) is 4. The van der Waals surface area contributed by atoms with Gasteiger partial charge in [0.05, 0.1) is 19.8 Å². The van der Waals surface area contributed by atoms with E-state index in [4.69, 9.17) is 4.74 Å². The van der Waals surface area contributed by atoms with Crippen LogP contribution in [0.1, 0.15) is 5.56 Å². The van der Waals surface area contributed by atoms with E-state index in [9.17, 15) is 9.18 Å². The van der Waals surface area contributed by atoms with Crippen molar-refractivity contribution in [1.82, 2.24) is 0 Å². The smallest absolute Gasteiger partial charge is 0.235 e. The molecule has 1 fully saturated rings. The van der Waals surface area contributed by atoms with Crippen LogP contribution in [0.5, 0.6) is 0 Å². The van der Waals surface area contributed by atoms with E-state index >= 15 is 0 Å². The molecule has 0 aromatic heterocycles. The maximum absolute atomic E-state index is 13.2. The van der Waals surface area contributed by atoms with Crippen LogP contribution in [0.4, 0.5) is 10.1 Å². The van der Waals surface area contributed by atoms with Crippen LogP contribution < -0.4 is 4.90 Å². The fourth-order valence-electron chi connectivity index (χ4n) is 1.91. The first-order valence-corrected chi connectivity index (χ1v) is 5.46. The molecule has 4 nitrogen and oxygen atoms in total. The number of anilines is 1. The predicted octanol–water partition coefficient (Wildman–Crippen LogP) is 1.50. The van der Waals surface area contributed by atoms with Gasteiger partial charge in [0.15, 0.2) is 0 Å². The first-order valence-electron chi connectivity index (χ1n) is 5.46. The van der Waals surface area contributed by atoms with E-state index in [1.165, 1.54) is 18.2 Å². The minimum Gasteiger partial charge on any atom is -0.378 e. The van der Waals surface area contributed by atoms with Crippen molar-refractivity contribution in [3.05, 3.63) is 29.6 Å². The van der Waals surface area contributed by atoms with Crippen LogP contribution in [-0.2, 0) is 16.1 Å². The maximum Gasteiger partial charge on any atom is 0.235 e. The third kappa shape index (κ3) is 2.90. The summed E-state index contributed by atoms with van der Waals surface area (Å²) in [6, 6.07) is 4.54. The lowest BCUT2D eigenvalue weighted by atomic mass is 10.1. The largest absolute Gasteiger partial charge is 0.378 e. The molecular formula is C12H13FN2O2. The SMILES string of the molecule is O=C=NCc1cc(F)ccc1N1CCOCC1. The number of rotatable bonds is 3. The summed E-state index contributed by atoms with van der Waals surface area (Å²) >= 11 is 0. The Balaban J connectivity index is 2.27. The number of hydrogen-bond donors (Lipinski definition) is 0. The van der Waals surface area contributed by atoms with Gasteiger partial charge in [0.1, 0.15) is 5.82 Å². The van der Waals surface area contributed by atoms with Gasteiger partial charge in [-0.05, 0) is 18.2 Å². The van der Waals surface area contributed by atoms with E-state index in [0.717, 1.165) is 18.8 Å². The van der Waals surface area contributed by atoms with E-state index in [1.807, 2.05) is 0 Å². The van der Waals surface area contributed by atoms with Gasteiger partial charge >= 0.3 is 0 Å². The van der Waals surface area contributed by atoms with Crippen LogP contribution >= 0.6 is 0 Å². The van der Waals surface area contributed by atoms with E-state index in [1.54, 1.807) is 6.07 Å². The van der Waals surface area contributed by atoms with Gasteiger partial charge in [0, 0.05) is 24.3 Å². The van der Waals surface area contributed by atoms with E-state index < -0.39 is 0 Å². The molecule has 1 aliphatic heterocycles. The highest BCUT2D eigenvalue weighted by Crippen LogP contribution is 2.23. The van der Waals surface area contributed by atoms with Crippen molar-refractivity contribution < 1.29 is 13.9 Å². The lowest BCUT2D eigenvalue weighted by Gasteiger charge is -2.30. The molecule has 17 heavy (non-hydrogen) atoms. The first-order chi connectivity index (χ1) is 8.31. The number of isocyanates is 1. The Morgan fingerprint density at radius 2 is 2.18 bits per heavy atom. The quantitative estimate of drug-likeness (QED) is 0.590. The number of halogens is 1. The minimum absolute atomic E-state index is 0.161. The van der Waals surface area contributed by atoms with Crippen LogP contribution in [0, 0.1) is 5.82 Å². The molecule has 0 saturated carbocycles. The molecule has 0 unspecified atom stereocenters. The van der Waals surface area contributed by atoms with Crippen molar-refractivity contribution in [1.29, 1.82) is 0 Å². The van der Waals surface area contributed by atoms with Crippen molar-refractivity contribution in [2.75, 3.05) is 31.2 Å². The number of morpholine rings is 1. The van der Waals surface area contributed by atoms with Gasteiger partial charge in [-0.3, -0.25) is 0 Å². The Morgan fingerprint density at radius 3 is 2.88 bits per heavy atom. The van der Waals surface area contributed by atoms with Crippen LogP contribution in [0.2, 0.25) is 0 Å². The van der Waals surface area contributed by atoms with Crippen LogP contribution in [-0.4, -0.2) is 32.4 Å². The minimum atomic E-state index is -0.321. The summed E-state index contributed by atoms with van der Waals surface area (Å²) in [5.41, 5.74) is 1.61. The van der Waals surface area contributed by atoms with Crippen LogP contribution in [0.15, 0.2) is 23.2 Å². The summed E-state index contributed by atoms with van der Waals surface area (Å²) in [5.74, 6) is -0.321. The molecule has 1 aliphatic rings. The second-order valence-electron chi connectivity index (χ2n) is 3.78.